The molecule has 0 saturated heterocycles. The number of pyridine rings is 1. The van der Waals surface area contributed by atoms with Crippen LogP contribution in [0.15, 0.2) is 30.5 Å². The molecule has 2 aromatic rings. The highest BCUT2D eigenvalue weighted by atomic mass is 31.2. The Hall–Kier alpha value is -1.99. The summed E-state index contributed by atoms with van der Waals surface area (Å²) in [4.78, 5) is 60.5. The van der Waals surface area contributed by atoms with Crippen LogP contribution >= 0.6 is 15.6 Å². The molecule has 34 heavy (non-hydrogen) atoms. The molecule has 1 atom stereocenters. The number of nitro benzene ring substituents is 1. The number of benzene rings is 1. The van der Waals surface area contributed by atoms with Gasteiger partial charge in [-0.25, -0.2) is 9.13 Å². The standard InChI is InChI=1S/C18H26N4O2.2H3O4P/c1-4-21(5-2)12-6-7-14(3)20-18-10-11-19-17-9-8-15(22(23)24)13-16(17)18;2*1-5(2,3)4/h8-11,13-14H,4-7,12H2,1-3H3,(H,19,20);2*(H3,1,2,3,4). The highest BCUT2D eigenvalue weighted by Crippen LogP contribution is 2.27. The summed E-state index contributed by atoms with van der Waals surface area (Å²) in [6.45, 7) is 9.77. The molecule has 1 aromatic carbocycles. The Balaban J connectivity index is 0.000000916. The van der Waals surface area contributed by atoms with Crippen LogP contribution in [0.25, 0.3) is 10.9 Å². The molecule has 0 amide bonds. The Morgan fingerprint density at radius 3 is 2.06 bits per heavy atom. The van der Waals surface area contributed by atoms with E-state index in [1.807, 2.05) is 6.07 Å². The monoisotopic (exact) mass is 526 g/mol. The average Bonchev–Trinajstić information content (AvgIpc) is 2.68. The first-order valence-electron chi connectivity index (χ1n) is 10.1. The molecule has 0 saturated carbocycles. The number of phosphoric acid groups is 2. The first kappa shape index (κ1) is 32.0. The van der Waals surface area contributed by atoms with Crippen molar-refractivity contribution in [2.24, 2.45) is 0 Å². The molecule has 0 aliphatic heterocycles. The van der Waals surface area contributed by atoms with E-state index in [9.17, 15) is 10.1 Å². The third-order valence-corrected chi connectivity index (χ3v) is 4.34. The van der Waals surface area contributed by atoms with E-state index in [-0.39, 0.29) is 10.6 Å². The summed E-state index contributed by atoms with van der Waals surface area (Å²) < 4.78 is 17.8. The third-order valence-electron chi connectivity index (χ3n) is 4.34. The molecule has 0 aliphatic carbocycles. The lowest BCUT2D eigenvalue weighted by Gasteiger charge is -2.20. The number of rotatable bonds is 9. The summed E-state index contributed by atoms with van der Waals surface area (Å²) in [6.07, 6.45) is 3.91. The number of hydrogen-bond donors (Lipinski definition) is 7. The van der Waals surface area contributed by atoms with Crippen LogP contribution in [-0.2, 0) is 9.13 Å². The quantitative estimate of drug-likeness (QED) is 0.141. The maximum absolute atomic E-state index is 11.0. The Kier molecular flexibility index (Phi) is 14.2. The number of non-ortho nitro benzene ring substituents is 1. The van der Waals surface area contributed by atoms with Gasteiger partial charge in [0.1, 0.15) is 0 Å². The van der Waals surface area contributed by atoms with Gasteiger partial charge in [0.2, 0.25) is 0 Å². The molecule has 194 valence electrons. The van der Waals surface area contributed by atoms with Crippen LogP contribution in [0.5, 0.6) is 0 Å². The molecule has 1 unspecified atom stereocenters. The molecule has 0 aliphatic rings. The number of anilines is 1. The predicted molar refractivity (Wildman–Crippen MR) is 127 cm³/mol. The van der Waals surface area contributed by atoms with E-state index < -0.39 is 15.6 Å². The Morgan fingerprint density at radius 1 is 1.06 bits per heavy atom. The van der Waals surface area contributed by atoms with Crippen LogP contribution in [-0.4, -0.2) is 69.8 Å². The summed E-state index contributed by atoms with van der Waals surface area (Å²) in [5, 5.41) is 15.3. The summed E-state index contributed by atoms with van der Waals surface area (Å²) in [5.41, 5.74) is 1.76. The summed E-state index contributed by atoms with van der Waals surface area (Å²) in [6, 6.07) is 6.96. The van der Waals surface area contributed by atoms with Gasteiger partial charge in [0.05, 0.1) is 10.4 Å². The number of fused-ring (bicyclic) bond motifs is 1. The number of hydrogen-bond acceptors (Lipinski definition) is 7. The molecule has 1 heterocycles. The minimum absolute atomic E-state index is 0.0905. The summed E-state index contributed by atoms with van der Waals surface area (Å²) in [5.74, 6) is 0. The highest BCUT2D eigenvalue weighted by molar-refractivity contribution is 7.45. The van der Waals surface area contributed by atoms with Crippen LogP contribution in [0.1, 0.15) is 33.6 Å². The second-order valence-electron chi connectivity index (χ2n) is 7.06. The van der Waals surface area contributed by atoms with Crippen molar-refractivity contribution in [3.63, 3.8) is 0 Å². The average molecular weight is 526 g/mol. The molecule has 0 spiro atoms. The topological polar surface area (TPSA) is 227 Å². The van der Waals surface area contributed by atoms with Gasteiger partial charge in [0.15, 0.2) is 0 Å². The number of aromatic nitrogens is 1. The Bertz CT molecular complexity index is 957. The van der Waals surface area contributed by atoms with Gasteiger partial charge >= 0.3 is 15.6 Å². The number of nitrogens with one attached hydrogen (secondary N) is 1. The van der Waals surface area contributed by atoms with Crippen LogP contribution < -0.4 is 5.32 Å². The molecule has 7 N–H and O–H groups in total. The van der Waals surface area contributed by atoms with Crippen molar-refractivity contribution in [3.05, 3.63) is 40.6 Å². The van der Waals surface area contributed by atoms with Crippen LogP contribution in [0, 0.1) is 10.1 Å². The molecule has 1 aromatic heterocycles. The van der Waals surface area contributed by atoms with Gasteiger partial charge in [0, 0.05) is 35.4 Å². The molecule has 0 bridgehead atoms. The fraction of sp³-hybridized carbons (Fsp3) is 0.500. The largest absolute Gasteiger partial charge is 0.466 e. The van der Waals surface area contributed by atoms with E-state index in [0.717, 1.165) is 49.1 Å². The van der Waals surface area contributed by atoms with E-state index in [2.05, 4.69) is 36.0 Å². The molecular weight excluding hydrogens is 494 g/mol. The van der Waals surface area contributed by atoms with Crippen LogP contribution in [0.3, 0.4) is 0 Å². The fourth-order valence-corrected chi connectivity index (χ4v) is 2.87. The van der Waals surface area contributed by atoms with Crippen molar-refractivity contribution in [3.8, 4) is 0 Å². The molecule has 2 rings (SSSR count). The van der Waals surface area contributed by atoms with Gasteiger partial charge in [-0.2, -0.15) is 0 Å². The van der Waals surface area contributed by atoms with Gasteiger partial charge in [-0.3, -0.25) is 15.1 Å². The highest BCUT2D eigenvalue weighted by Gasteiger charge is 2.11. The van der Waals surface area contributed by atoms with Gasteiger partial charge < -0.3 is 39.6 Å². The van der Waals surface area contributed by atoms with Crippen LogP contribution in [0.2, 0.25) is 0 Å². The zero-order chi connectivity index (χ0) is 26.5. The zero-order valence-corrected chi connectivity index (χ0v) is 20.8. The third kappa shape index (κ3) is 16.6. The van der Waals surface area contributed by atoms with Crippen molar-refractivity contribution in [2.45, 2.75) is 39.7 Å². The minimum Gasteiger partial charge on any atom is -0.382 e. The molecule has 14 nitrogen and oxygen atoms in total. The lowest BCUT2D eigenvalue weighted by atomic mass is 10.1. The van der Waals surface area contributed by atoms with Crippen molar-refractivity contribution in [1.29, 1.82) is 0 Å². The van der Waals surface area contributed by atoms with Gasteiger partial charge in [-0.15, -0.1) is 0 Å². The van der Waals surface area contributed by atoms with E-state index in [0.29, 0.717) is 6.04 Å². The van der Waals surface area contributed by atoms with Crippen LogP contribution in [0.4, 0.5) is 11.4 Å². The predicted octanol–water partition coefficient (Wildman–Crippen LogP) is 2.21. The first-order valence-corrected chi connectivity index (χ1v) is 13.3. The van der Waals surface area contributed by atoms with Crippen molar-refractivity contribution < 1.29 is 43.4 Å². The smallest absolute Gasteiger partial charge is 0.382 e. The zero-order valence-electron chi connectivity index (χ0n) is 19.1. The maximum atomic E-state index is 11.0. The number of nitro groups is 1. The minimum atomic E-state index is -4.64. The van der Waals surface area contributed by atoms with Gasteiger partial charge in [-0.1, -0.05) is 13.8 Å². The summed E-state index contributed by atoms with van der Waals surface area (Å²) >= 11 is 0. The van der Waals surface area contributed by atoms with Gasteiger partial charge in [-0.05, 0) is 51.5 Å². The maximum Gasteiger partial charge on any atom is 0.466 e. The normalized spacial score (nSPS) is 12.3. The second kappa shape index (κ2) is 15.1. The van der Waals surface area contributed by atoms with E-state index in [1.165, 1.54) is 6.07 Å². The lowest BCUT2D eigenvalue weighted by Crippen LogP contribution is -2.25. The molecule has 16 heteroatoms. The number of nitrogens with zero attached hydrogens (tertiary/aromatic N) is 3. The Morgan fingerprint density at radius 2 is 1.59 bits per heavy atom. The first-order chi connectivity index (χ1) is 15.5. The van der Waals surface area contributed by atoms with E-state index >= 15 is 0 Å². The van der Waals surface area contributed by atoms with E-state index in [4.69, 9.17) is 38.5 Å². The van der Waals surface area contributed by atoms with E-state index in [1.54, 1.807) is 18.3 Å². The SMILES string of the molecule is CCN(CC)CCCC(C)Nc1ccnc2ccc([N+](=O)[O-])cc12.O=P(O)(O)O.O=P(O)(O)O. The lowest BCUT2D eigenvalue weighted by molar-refractivity contribution is -0.384. The molecule has 0 fully saturated rings. The molecular formula is C18H32N4O10P2. The van der Waals surface area contributed by atoms with Crippen molar-refractivity contribution in [1.82, 2.24) is 9.88 Å². The Labute approximate surface area is 196 Å². The van der Waals surface area contributed by atoms with Gasteiger partial charge in [0.25, 0.3) is 5.69 Å². The van der Waals surface area contributed by atoms with Crippen molar-refractivity contribution in [2.75, 3.05) is 25.0 Å². The second-order valence-corrected chi connectivity index (χ2v) is 9.11. The fourth-order valence-electron chi connectivity index (χ4n) is 2.87. The molecule has 0 radical (unpaired) electrons. The summed E-state index contributed by atoms with van der Waals surface area (Å²) in [7, 11) is -9.28. The van der Waals surface area contributed by atoms with Crippen molar-refractivity contribution >= 4 is 37.9 Å².